The summed E-state index contributed by atoms with van der Waals surface area (Å²) in [7, 11) is 0. The van der Waals surface area contributed by atoms with Crippen LogP contribution in [0.2, 0.25) is 0 Å². The second kappa shape index (κ2) is 4.30. The van der Waals surface area contributed by atoms with Gasteiger partial charge in [0.15, 0.2) is 0 Å². The van der Waals surface area contributed by atoms with Gasteiger partial charge in [0.2, 0.25) is 0 Å². The van der Waals surface area contributed by atoms with Crippen LogP contribution in [0.4, 0.5) is 0 Å². The van der Waals surface area contributed by atoms with Crippen molar-refractivity contribution >= 4 is 5.84 Å². The minimum Gasteiger partial charge on any atom is -0.312 e. The highest BCUT2D eigenvalue weighted by atomic mass is 15.3. The molecule has 0 aromatic carbocycles. The van der Waals surface area contributed by atoms with Crippen molar-refractivity contribution in [2.45, 2.75) is 39.0 Å². The van der Waals surface area contributed by atoms with Gasteiger partial charge in [-0.15, -0.1) is 0 Å². The van der Waals surface area contributed by atoms with Crippen LogP contribution in [0.1, 0.15) is 39.0 Å². The van der Waals surface area contributed by atoms with Gasteiger partial charge < -0.3 is 5.43 Å². The summed E-state index contributed by atoms with van der Waals surface area (Å²) in [5.74, 6) is 9.09. The number of rotatable bonds is 3. The van der Waals surface area contributed by atoms with E-state index in [0.29, 0.717) is 5.92 Å². The second-order valence-corrected chi connectivity index (χ2v) is 4.69. The highest BCUT2D eigenvalue weighted by molar-refractivity contribution is 5.84. The van der Waals surface area contributed by atoms with Crippen molar-refractivity contribution in [1.29, 1.82) is 0 Å². The van der Waals surface area contributed by atoms with Gasteiger partial charge in [-0.3, -0.25) is 4.99 Å². The molecule has 0 aromatic rings. The maximum Gasteiger partial charge on any atom is 0.114 e. The van der Waals surface area contributed by atoms with E-state index >= 15 is 0 Å². The molecular formula is C11H21N3. The SMILES string of the molecule is CCCN=C(NN)C1CC2CCC1C2. The minimum atomic E-state index is 0.644. The molecule has 14 heavy (non-hydrogen) atoms. The summed E-state index contributed by atoms with van der Waals surface area (Å²) in [6.07, 6.45) is 6.66. The van der Waals surface area contributed by atoms with Gasteiger partial charge in [-0.05, 0) is 37.5 Å². The third kappa shape index (κ3) is 1.78. The fraction of sp³-hybridized carbons (Fsp3) is 0.909. The normalized spacial score (nSPS) is 36.4. The summed E-state index contributed by atoms with van der Waals surface area (Å²) in [6.45, 7) is 3.06. The van der Waals surface area contributed by atoms with Gasteiger partial charge in [0.1, 0.15) is 5.84 Å². The number of nitrogens with two attached hydrogens (primary N) is 1. The smallest absolute Gasteiger partial charge is 0.114 e. The van der Waals surface area contributed by atoms with Crippen LogP contribution in [-0.4, -0.2) is 12.4 Å². The largest absolute Gasteiger partial charge is 0.312 e. The molecule has 3 unspecified atom stereocenters. The van der Waals surface area contributed by atoms with E-state index in [9.17, 15) is 0 Å². The summed E-state index contributed by atoms with van der Waals surface area (Å²) in [6, 6.07) is 0. The van der Waals surface area contributed by atoms with Gasteiger partial charge in [0.05, 0.1) is 0 Å². The van der Waals surface area contributed by atoms with Gasteiger partial charge in [-0.25, -0.2) is 5.84 Å². The van der Waals surface area contributed by atoms with E-state index in [2.05, 4.69) is 17.3 Å². The van der Waals surface area contributed by atoms with E-state index in [-0.39, 0.29) is 0 Å². The molecule has 2 rings (SSSR count). The monoisotopic (exact) mass is 195 g/mol. The Morgan fingerprint density at radius 1 is 1.43 bits per heavy atom. The first kappa shape index (κ1) is 9.97. The van der Waals surface area contributed by atoms with E-state index in [1.807, 2.05) is 0 Å². The molecular weight excluding hydrogens is 174 g/mol. The van der Waals surface area contributed by atoms with Crippen LogP contribution in [0.25, 0.3) is 0 Å². The van der Waals surface area contributed by atoms with Crippen LogP contribution in [0.3, 0.4) is 0 Å². The highest BCUT2D eigenvalue weighted by Crippen LogP contribution is 2.48. The number of amidine groups is 1. The van der Waals surface area contributed by atoms with Crippen LogP contribution in [0.5, 0.6) is 0 Å². The lowest BCUT2D eigenvalue weighted by Crippen LogP contribution is -2.38. The van der Waals surface area contributed by atoms with Gasteiger partial charge in [-0.1, -0.05) is 13.3 Å². The number of hydrogen-bond acceptors (Lipinski definition) is 2. The lowest BCUT2D eigenvalue weighted by atomic mass is 9.88. The fourth-order valence-electron chi connectivity index (χ4n) is 3.08. The molecule has 2 aliphatic rings. The summed E-state index contributed by atoms with van der Waals surface area (Å²) in [4.78, 5) is 4.54. The molecule has 0 heterocycles. The van der Waals surface area contributed by atoms with Gasteiger partial charge in [0, 0.05) is 12.5 Å². The summed E-state index contributed by atoms with van der Waals surface area (Å²) >= 11 is 0. The first-order valence-electron chi connectivity index (χ1n) is 5.86. The van der Waals surface area contributed by atoms with Crippen molar-refractivity contribution < 1.29 is 0 Å². The summed E-state index contributed by atoms with van der Waals surface area (Å²) in [5.41, 5.74) is 2.81. The molecule has 0 aliphatic heterocycles. The topological polar surface area (TPSA) is 50.4 Å². The molecule has 80 valence electrons. The van der Waals surface area contributed by atoms with Gasteiger partial charge in [-0.2, -0.15) is 0 Å². The Hall–Kier alpha value is -0.570. The van der Waals surface area contributed by atoms with Crippen LogP contribution < -0.4 is 11.3 Å². The van der Waals surface area contributed by atoms with Crippen LogP contribution >= 0.6 is 0 Å². The fourth-order valence-corrected chi connectivity index (χ4v) is 3.08. The van der Waals surface area contributed by atoms with E-state index in [4.69, 9.17) is 5.84 Å². The molecule has 3 atom stereocenters. The number of aliphatic imine (C=N–C) groups is 1. The van der Waals surface area contributed by atoms with Crippen LogP contribution in [0, 0.1) is 17.8 Å². The Labute approximate surface area is 86.1 Å². The Kier molecular flexibility index (Phi) is 3.06. The third-order valence-electron chi connectivity index (χ3n) is 3.74. The van der Waals surface area contributed by atoms with Crippen molar-refractivity contribution in [1.82, 2.24) is 5.43 Å². The summed E-state index contributed by atoms with van der Waals surface area (Å²) < 4.78 is 0. The number of nitrogens with one attached hydrogen (secondary N) is 1. The Morgan fingerprint density at radius 3 is 2.79 bits per heavy atom. The molecule has 2 saturated carbocycles. The molecule has 0 saturated heterocycles. The highest BCUT2D eigenvalue weighted by Gasteiger charge is 2.41. The lowest BCUT2D eigenvalue weighted by Gasteiger charge is -2.22. The lowest BCUT2D eigenvalue weighted by molar-refractivity contribution is 0.407. The first-order chi connectivity index (χ1) is 6.85. The summed E-state index contributed by atoms with van der Waals surface area (Å²) in [5, 5.41) is 0. The molecule has 3 heteroatoms. The molecule has 2 bridgehead atoms. The maximum atomic E-state index is 5.54. The molecule has 2 fully saturated rings. The number of nitrogens with zero attached hydrogens (tertiary/aromatic N) is 1. The average molecular weight is 195 g/mol. The van der Waals surface area contributed by atoms with Gasteiger partial charge in [0.25, 0.3) is 0 Å². The number of fused-ring (bicyclic) bond motifs is 2. The minimum absolute atomic E-state index is 0.644. The second-order valence-electron chi connectivity index (χ2n) is 4.69. The first-order valence-corrected chi connectivity index (χ1v) is 5.86. The van der Waals surface area contributed by atoms with Crippen molar-refractivity contribution in [3.8, 4) is 0 Å². The number of hydrazine groups is 1. The van der Waals surface area contributed by atoms with E-state index in [1.165, 1.54) is 25.7 Å². The van der Waals surface area contributed by atoms with Crippen LogP contribution in [-0.2, 0) is 0 Å². The van der Waals surface area contributed by atoms with Gasteiger partial charge >= 0.3 is 0 Å². The van der Waals surface area contributed by atoms with Crippen LogP contribution in [0.15, 0.2) is 4.99 Å². The molecule has 0 spiro atoms. The zero-order chi connectivity index (χ0) is 9.97. The van der Waals surface area contributed by atoms with E-state index in [1.54, 1.807) is 0 Å². The Balaban J connectivity index is 1.98. The van der Waals surface area contributed by atoms with Crippen molar-refractivity contribution in [3.63, 3.8) is 0 Å². The molecule has 0 amide bonds. The molecule has 0 aromatic heterocycles. The quantitative estimate of drug-likeness (QED) is 0.312. The van der Waals surface area contributed by atoms with Crippen molar-refractivity contribution in [3.05, 3.63) is 0 Å². The predicted octanol–water partition coefficient (Wildman–Crippen LogP) is 1.69. The Morgan fingerprint density at radius 2 is 2.29 bits per heavy atom. The predicted molar refractivity (Wildman–Crippen MR) is 58.9 cm³/mol. The molecule has 0 radical (unpaired) electrons. The van der Waals surface area contributed by atoms with E-state index < -0.39 is 0 Å². The average Bonchev–Trinajstić information content (AvgIpc) is 2.80. The zero-order valence-corrected chi connectivity index (χ0v) is 9.00. The molecule has 2 aliphatic carbocycles. The number of hydrogen-bond donors (Lipinski definition) is 2. The third-order valence-corrected chi connectivity index (χ3v) is 3.74. The maximum absolute atomic E-state index is 5.54. The van der Waals surface area contributed by atoms with E-state index in [0.717, 1.165) is 30.6 Å². The zero-order valence-electron chi connectivity index (χ0n) is 9.00. The van der Waals surface area contributed by atoms with Crippen molar-refractivity contribution in [2.75, 3.05) is 6.54 Å². The Bertz CT molecular complexity index is 225. The standard InChI is InChI=1S/C11H21N3/c1-2-5-13-11(14-12)10-7-8-3-4-9(10)6-8/h8-10H,2-7,12H2,1H3,(H,13,14). The molecule has 3 nitrogen and oxygen atoms in total. The molecule has 3 N–H and O–H groups in total. The van der Waals surface area contributed by atoms with Crippen molar-refractivity contribution in [2.24, 2.45) is 28.6 Å².